The van der Waals surface area contributed by atoms with Gasteiger partial charge in [-0.15, -0.1) is 0 Å². The first kappa shape index (κ1) is 20.0. The maximum Gasteiger partial charge on any atom is 0.286 e. The molecule has 3 saturated heterocycles. The Morgan fingerprint density at radius 3 is 2.86 bits per heavy atom. The smallest absolute Gasteiger partial charge is 0.286 e. The third-order valence-electron chi connectivity index (χ3n) is 7.23. The van der Waals surface area contributed by atoms with Crippen molar-refractivity contribution in [3.8, 4) is 0 Å². The number of amides is 1. The Labute approximate surface area is 169 Å². The number of furan rings is 1. The molecule has 28 heavy (non-hydrogen) atoms. The minimum Gasteiger partial charge on any atom is -0.455 e. The van der Waals surface area contributed by atoms with Gasteiger partial charge in [0.1, 0.15) is 5.76 Å². The van der Waals surface area contributed by atoms with Gasteiger partial charge >= 0.3 is 0 Å². The number of nitrogens with one attached hydrogen (secondary N) is 1. The standard InChI is InChI=1S/C23H37N3O2/c1-16(2)7-9-21-18-12-17(20-6-4-5-11-26(20)21)13-25(14-18)15-19-8-10-22(28-19)23(27)24-3/h8,10,16-18,20-21H,4-7,9,11-15H2,1-3H3,(H,24,27)/t17-,18+,20+,21+/m1/s1. The lowest BCUT2D eigenvalue weighted by Gasteiger charge is -2.57. The van der Waals surface area contributed by atoms with Gasteiger partial charge in [0, 0.05) is 32.2 Å². The first-order chi connectivity index (χ1) is 13.5. The second kappa shape index (κ2) is 8.58. The van der Waals surface area contributed by atoms with Crippen LogP contribution >= 0.6 is 0 Å². The SMILES string of the molecule is CNC(=O)c1ccc(CN2C[C@H]3C[C@@H](C2)[C@H](CCC(C)C)N2CCCC[C@@H]32)o1. The normalized spacial score (nSPS) is 31.0. The van der Waals surface area contributed by atoms with Crippen LogP contribution in [0, 0.1) is 17.8 Å². The molecule has 0 unspecified atom stereocenters. The topological polar surface area (TPSA) is 48.7 Å². The fourth-order valence-electron chi connectivity index (χ4n) is 5.97. The molecule has 4 rings (SSSR count). The second-order valence-corrected chi connectivity index (χ2v) is 9.63. The zero-order valence-corrected chi connectivity index (χ0v) is 17.8. The van der Waals surface area contributed by atoms with Crippen molar-refractivity contribution < 1.29 is 9.21 Å². The van der Waals surface area contributed by atoms with Crippen molar-refractivity contribution in [1.82, 2.24) is 15.1 Å². The molecule has 3 aliphatic heterocycles. The number of fused-ring (bicyclic) bond motifs is 4. The van der Waals surface area contributed by atoms with E-state index in [0.717, 1.165) is 42.1 Å². The quantitative estimate of drug-likeness (QED) is 0.808. The first-order valence-electron chi connectivity index (χ1n) is 11.3. The predicted molar refractivity (Wildman–Crippen MR) is 111 cm³/mol. The van der Waals surface area contributed by atoms with Gasteiger partial charge in [0.2, 0.25) is 0 Å². The lowest BCUT2D eigenvalue weighted by Crippen LogP contribution is -2.63. The summed E-state index contributed by atoms with van der Waals surface area (Å²) in [4.78, 5) is 17.3. The van der Waals surface area contributed by atoms with Gasteiger partial charge in [-0.1, -0.05) is 20.3 Å². The molecule has 0 radical (unpaired) electrons. The molecule has 0 aromatic carbocycles. The number of carbonyl (C=O) groups is 1. The Morgan fingerprint density at radius 2 is 2.07 bits per heavy atom. The summed E-state index contributed by atoms with van der Waals surface area (Å²) in [5.41, 5.74) is 0. The highest BCUT2D eigenvalue weighted by Gasteiger charge is 2.46. The van der Waals surface area contributed by atoms with Crippen molar-refractivity contribution >= 4 is 5.91 Å². The van der Waals surface area contributed by atoms with Crippen LogP contribution in [0.5, 0.6) is 0 Å². The van der Waals surface area contributed by atoms with Crippen molar-refractivity contribution in [3.05, 3.63) is 23.7 Å². The van der Waals surface area contributed by atoms with Crippen molar-refractivity contribution in [1.29, 1.82) is 0 Å². The van der Waals surface area contributed by atoms with E-state index in [1.165, 1.54) is 58.2 Å². The molecule has 1 amide bonds. The Morgan fingerprint density at radius 1 is 1.25 bits per heavy atom. The maximum absolute atomic E-state index is 11.8. The Balaban J connectivity index is 1.46. The third kappa shape index (κ3) is 4.16. The molecule has 3 aliphatic rings. The number of likely N-dealkylation sites (tertiary alicyclic amines) is 1. The van der Waals surface area contributed by atoms with E-state index in [4.69, 9.17) is 4.42 Å². The molecule has 1 N–H and O–H groups in total. The van der Waals surface area contributed by atoms with Crippen LogP contribution in [0.4, 0.5) is 0 Å². The molecule has 1 aromatic heterocycles. The highest BCUT2D eigenvalue weighted by atomic mass is 16.4. The minimum absolute atomic E-state index is 0.145. The minimum atomic E-state index is -0.145. The second-order valence-electron chi connectivity index (χ2n) is 9.63. The van der Waals surface area contributed by atoms with Crippen molar-refractivity contribution in [2.45, 2.75) is 71.0 Å². The van der Waals surface area contributed by atoms with E-state index in [-0.39, 0.29) is 5.91 Å². The van der Waals surface area contributed by atoms with Crippen LogP contribution in [0.2, 0.25) is 0 Å². The van der Waals surface area contributed by atoms with Gasteiger partial charge in [-0.05, 0) is 68.5 Å². The van der Waals surface area contributed by atoms with E-state index >= 15 is 0 Å². The molecule has 3 fully saturated rings. The summed E-state index contributed by atoms with van der Waals surface area (Å²) < 4.78 is 5.81. The predicted octanol–water partition coefficient (Wildman–Crippen LogP) is 3.75. The number of rotatable bonds is 6. The average molecular weight is 388 g/mol. The molecule has 0 aliphatic carbocycles. The molecule has 0 spiro atoms. The lowest BCUT2D eigenvalue weighted by molar-refractivity contribution is -0.0777. The van der Waals surface area contributed by atoms with E-state index in [0.29, 0.717) is 5.76 Å². The van der Waals surface area contributed by atoms with Crippen LogP contribution in [0.25, 0.3) is 0 Å². The van der Waals surface area contributed by atoms with Crippen LogP contribution < -0.4 is 5.32 Å². The van der Waals surface area contributed by atoms with E-state index < -0.39 is 0 Å². The summed E-state index contributed by atoms with van der Waals surface area (Å²) >= 11 is 0. The van der Waals surface area contributed by atoms with Gasteiger partial charge in [0.25, 0.3) is 5.91 Å². The average Bonchev–Trinajstić information content (AvgIpc) is 3.15. The highest BCUT2D eigenvalue weighted by Crippen LogP contribution is 2.43. The molecule has 4 heterocycles. The fraction of sp³-hybridized carbons (Fsp3) is 0.783. The maximum atomic E-state index is 11.8. The summed E-state index contributed by atoms with van der Waals surface area (Å²) in [6, 6.07) is 5.30. The summed E-state index contributed by atoms with van der Waals surface area (Å²) in [7, 11) is 1.64. The van der Waals surface area contributed by atoms with E-state index in [1.54, 1.807) is 13.1 Å². The molecular formula is C23H37N3O2. The molecular weight excluding hydrogens is 350 g/mol. The van der Waals surface area contributed by atoms with E-state index in [9.17, 15) is 4.79 Å². The molecule has 5 heteroatoms. The third-order valence-corrected chi connectivity index (χ3v) is 7.23. The summed E-state index contributed by atoms with van der Waals surface area (Å²) in [6.45, 7) is 9.19. The van der Waals surface area contributed by atoms with E-state index in [2.05, 4.69) is 29.0 Å². The Hall–Kier alpha value is -1.33. The van der Waals surface area contributed by atoms with Crippen LogP contribution in [0.1, 0.15) is 68.7 Å². The summed E-state index contributed by atoms with van der Waals surface area (Å²) in [5.74, 6) is 3.55. The van der Waals surface area contributed by atoms with Crippen LogP contribution in [0.3, 0.4) is 0 Å². The van der Waals surface area contributed by atoms with Gasteiger partial charge in [0.05, 0.1) is 6.54 Å². The largest absolute Gasteiger partial charge is 0.455 e. The zero-order chi connectivity index (χ0) is 19.7. The monoisotopic (exact) mass is 387 g/mol. The molecule has 5 nitrogen and oxygen atoms in total. The summed E-state index contributed by atoms with van der Waals surface area (Å²) in [6.07, 6.45) is 8.25. The molecule has 0 saturated carbocycles. The zero-order valence-electron chi connectivity index (χ0n) is 17.8. The van der Waals surface area contributed by atoms with Crippen molar-refractivity contribution in [2.75, 3.05) is 26.7 Å². The van der Waals surface area contributed by atoms with Gasteiger partial charge < -0.3 is 9.73 Å². The molecule has 1 aromatic rings. The highest BCUT2D eigenvalue weighted by molar-refractivity contribution is 5.91. The van der Waals surface area contributed by atoms with Crippen molar-refractivity contribution in [2.24, 2.45) is 17.8 Å². The van der Waals surface area contributed by atoms with Gasteiger partial charge in [-0.25, -0.2) is 0 Å². The van der Waals surface area contributed by atoms with Crippen LogP contribution in [-0.2, 0) is 6.54 Å². The van der Waals surface area contributed by atoms with Crippen molar-refractivity contribution in [3.63, 3.8) is 0 Å². The van der Waals surface area contributed by atoms with Gasteiger partial charge in [-0.3, -0.25) is 14.6 Å². The Kier molecular flexibility index (Phi) is 6.12. The Bertz CT molecular complexity index is 671. The fourth-order valence-corrected chi connectivity index (χ4v) is 5.97. The summed E-state index contributed by atoms with van der Waals surface area (Å²) in [5, 5.41) is 2.64. The van der Waals surface area contributed by atoms with Gasteiger partial charge in [0.15, 0.2) is 5.76 Å². The number of nitrogens with zero attached hydrogens (tertiary/aromatic N) is 2. The van der Waals surface area contributed by atoms with E-state index in [1.807, 2.05) is 6.07 Å². The lowest BCUT2D eigenvalue weighted by atomic mass is 9.71. The molecule has 2 bridgehead atoms. The number of hydrogen-bond donors (Lipinski definition) is 1. The number of carbonyl (C=O) groups excluding carboxylic acids is 1. The van der Waals surface area contributed by atoms with Gasteiger partial charge in [-0.2, -0.15) is 0 Å². The molecule has 4 atom stereocenters. The number of piperidine rings is 3. The first-order valence-corrected chi connectivity index (χ1v) is 11.3. The van der Waals surface area contributed by atoms with Crippen LogP contribution in [0.15, 0.2) is 16.5 Å². The van der Waals surface area contributed by atoms with Crippen LogP contribution in [-0.4, -0.2) is 54.5 Å². The number of hydrogen-bond acceptors (Lipinski definition) is 4. The molecule has 156 valence electrons.